The number of aliphatic hydroxyl groups is 1. The highest BCUT2D eigenvalue weighted by Crippen LogP contribution is 2.13. The molecule has 0 aromatic carbocycles. The lowest BCUT2D eigenvalue weighted by atomic mass is 10.4. The Hall–Kier alpha value is -0.130. The summed E-state index contributed by atoms with van der Waals surface area (Å²) in [6, 6.07) is 0. The van der Waals surface area contributed by atoms with E-state index in [2.05, 4.69) is 0 Å². The van der Waals surface area contributed by atoms with E-state index in [0.29, 0.717) is 13.1 Å². The average Bonchev–Trinajstić information content (AvgIpc) is 2.32. The minimum absolute atomic E-state index is 0.146. The molecular weight excluding hydrogens is 178 g/mol. The van der Waals surface area contributed by atoms with Gasteiger partial charge in [-0.25, -0.2) is 12.7 Å². The summed E-state index contributed by atoms with van der Waals surface area (Å²) in [6.07, 6.45) is 1.12. The molecule has 0 aromatic heterocycles. The van der Waals surface area contributed by atoms with Gasteiger partial charge < -0.3 is 5.11 Å². The van der Waals surface area contributed by atoms with Crippen LogP contribution in [0.3, 0.4) is 0 Å². The van der Waals surface area contributed by atoms with Crippen LogP contribution in [0.2, 0.25) is 0 Å². The molecule has 0 saturated carbocycles. The first-order chi connectivity index (χ1) is 5.52. The summed E-state index contributed by atoms with van der Waals surface area (Å²) in [6.45, 7) is 2.73. The largest absolute Gasteiger partial charge is 0.392 e. The molecule has 1 aliphatic heterocycles. The van der Waals surface area contributed by atoms with Gasteiger partial charge in [-0.15, -0.1) is 0 Å². The zero-order valence-electron chi connectivity index (χ0n) is 7.23. The van der Waals surface area contributed by atoms with Gasteiger partial charge in [-0.05, 0) is 19.8 Å². The van der Waals surface area contributed by atoms with E-state index >= 15 is 0 Å². The Morgan fingerprint density at radius 1 is 1.42 bits per heavy atom. The van der Waals surface area contributed by atoms with Gasteiger partial charge in [0, 0.05) is 13.1 Å². The highest BCUT2D eigenvalue weighted by Gasteiger charge is 2.26. The molecular formula is C7H15NO3S. The molecule has 72 valence electrons. The summed E-state index contributed by atoms with van der Waals surface area (Å²) < 4.78 is 24.3. The SMILES string of the molecule is CC(O)CS(=O)(=O)N1CCCC1. The third kappa shape index (κ3) is 2.43. The second-order valence-electron chi connectivity index (χ2n) is 3.23. The van der Waals surface area contributed by atoms with Crippen LogP contribution in [0.4, 0.5) is 0 Å². The summed E-state index contributed by atoms with van der Waals surface area (Å²) in [5.41, 5.74) is 0. The van der Waals surface area contributed by atoms with Crippen molar-refractivity contribution in [1.29, 1.82) is 0 Å². The topological polar surface area (TPSA) is 57.6 Å². The van der Waals surface area contributed by atoms with E-state index in [1.54, 1.807) is 0 Å². The molecule has 1 heterocycles. The number of hydrogen-bond donors (Lipinski definition) is 1. The van der Waals surface area contributed by atoms with Gasteiger partial charge in [-0.2, -0.15) is 0 Å². The van der Waals surface area contributed by atoms with Crippen molar-refractivity contribution in [1.82, 2.24) is 4.31 Å². The highest BCUT2D eigenvalue weighted by molar-refractivity contribution is 7.89. The second kappa shape index (κ2) is 3.72. The molecule has 1 unspecified atom stereocenters. The van der Waals surface area contributed by atoms with Gasteiger partial charge in [0.25, 0.3) is 0 Å². The molecule has 1 saturated heterocycles. The molecule has 1 fully saturated rings. The Kier molecular flexibility index (Phi) is 3.09. The lowest BCUT2D eigenvalue weighted by Gasteiger charge is -2.16. The van der Waals surface area contributed by atoms with Crippen LogP contribution in [0.5, 0.6) is 0 Å². The second-order valence-corrected chi connectivity index (χ2v) is 5.25. The van der Waals surface area contributed by atoms with Crippen LogP contribution in [0, 0.1) is 0 Å². The molecule has 1 atom stereocenters. The van der Waals surface area contributed by atoms with Gasteiger partial charge in [0.05, 0.1) is 11.9 Å². The van der Waals surface area contributed by atoms with Gasteiger partial charge in [0.15, 0.2) is 0 Å². The van der Waals surface area contributed by atoms with Gasteiger partial charge in [0.2, 0.25) is 10.0 Å². The van der Waals surface area contributed by atoms with Crippen LogP contribution >= 0.6 is 0 Å². The molecule has 12 heavy (non-hydrogen) atoms. The molecule has 1 aliphatic rings. The van der Waals surface area contributed by atoms with E-state index in [-0.39, 0.29) is 5.75 Å². The molecule has 0 bridgehead atoms. The Morgan fingerprint density at radius 3 is 2.33 bits per heavy atom. The predicted molar refractivity (Wildman–Crippen MR) is 46.3 cm³/mol. The van der Waals surface area contributed by atoms with Crippen molar-refractivity contribution in [2.75, 3.05) is 18.8 Å². The molecule has 0 radical (unpaired) electrons. The van der Waals surface area contributed by atoms with E-state index in [1.807, 2.05) is 0 Å². The normalized spacial score (nSPS) is 22.8. The highest BCUT2D eigenvalue weighted by atomic mass is 32.2. The van der Waals surface area contributed by atoms with E-state index in [0.717, 1.165) is 12.8 Å². The third-order valence-corrected chi connectivity index (χ3v) is 3.97. The quantitative estimate of drug-likeness (QED) is 0.675. The van der Waals surface area contributed by atoms with E-state index in [1.165, 1.54) is 11.2 Å². The van der Waals surface area contributed by atoms with E-state index in [9.17, 15) is 8.42 Å². The van der Waals surface area contributed by atoms with Crippen LogP contribution < -0.4 is 0 Å². The van der Waals surface area contributed by atoms with Gasteiger partial charge in [-0.3, -0.25) is 0 Å². The van der Waals surface area contributed by atoms with Crippen molar-refractivity contribution < 1.29 is 13.5 Å². The third-order valence-electron chi connectivity index (χ3n) is 1.91. The van der Waals surface area contributed by atoms with Gasteiger partial charge in [0.1, 0.15) is 0 Å². The molecule has 0 aliphatic carbocycles. The Morgan fingerprint density at radius 2 is 1.92 bits per heavy atom. The molecule has 5 heteroatoms. The van der Waals surface area contributed by atoms with Crippen molar-refractivity contribution in [3.05, 3.63) is 0 Å². The number of aliphatic hydroxyl groups excluding tert-OH is 1. The van der Waals surface area contributed by atoms with Crippen LogP contribution in [0.15, 0.2) is 0 Å². The van der Waals surface area contributed by atoms with Crippen LogP contribution in [-0.4, -0.2) is 42.8 Å². The zero-order valence-corrected chi connectivity index (χ0v) is 8.05. The standard InChI is InChI=1S/C7H15NO3S/c1-7(9)6-12(10,11)8-4-2-3-5-8/h7,9H,2-6H2,1H3. The lowest BCUT2D eigenvalue weighted by molar-refractivity contribution is 0.216. The van der Waals surface area contributed by atoms with Crippen molar-refractivity contribution in [2.24, 2.45) is 0 Å². The average molecular weight is 193 g/mol. The number of hydrogen-bond acceptors (Lipinski definition) is 3. The fraction of sp³-hybridized carbons (Fsp3) is 1.00. The minimum atomic E-state index is -3.18. The molecule has 0 spiro atoms. The first-order valence-electron chi connectivity index (χ1n) is 4.18. The van der Waals surface area contributed by atoms with Crippen LogP contribution in [0.25, 0.3) is 0 Å². The molecule has 4 nitrogen and oxygen atoms in total. The molecule has 1 N–H and O–H groups in total. The fourth-order valence-electron chi connectivity index (χ4n) is 1.38. The molecule has 0 aromatic rings. The maximum Gasteiger partial charge on any atom is 0.216 e. The summed E-state index contributed by atoms with van der Waals surface area (Å²) >= 11 is 0. The first-order valence-corrected chi connectivity index (χ1v) is 5.79. The Balaban J connectivity index is 2.58. The van der Waals surface area contributed by atoms with Crippen LogP contribution in [0.1, 0.15) is 19.8 Å². The zero-order chi connectivity index (χ0) is 9.19. The first kappa shape index (κ1) is 9.95. The fourth-order valence-corrected chi connectivity index (χ4v) is 3.01. The summed E-state index contributed by atoms with van der Waals surface area (Å²) in [7, 11) is -3.18. The van der Waals surface area contributed by atoms with Gasteiger partial charge in [-0.1, -0.05) is 0 Å². The van der Waals surface area contributed by atoms with Crippen molar-refractivity contribution >= 4 is 10.0 Å². The lowest BCUT2D eigenvalue weighted by Crippen LogP contribution is -2.33. The van der Waals surface area contributed by atoms with Gasteiger partial charge >= 0.3 is 0 Å². The van der Waals surface area contributed by atoms with Crippen molar-refractivity contribution in [2.45, 2.75) is 25.9 Å². The number of nitrogens with zero attached hydrogens (tertiary/aromatic N) is 1. The van der Waals surface area contributed by atoms with Crippen LogP contribution in [-0.2, 0) is 10.0 Å². The minimum Gasteiger partial charge on any atom is -0.392 e. The number of sulfonamides is 1. The smallest absolute Gasteiger partial charge is 0.216 e. The van der Waals surface area contributed by atoms with Crippen molar-refractivity contribution in [3.8, 4) is 0 Å². The maximum absolute atomic E-state index is 11.4. The van der Waals surface area contributed by atoms with Crippen molar-refractivity contribution in [3.63, 3.8) is 0 Å². The maximum atomic E-state index is 11.4. The Bertz CT molecular complexity index is 229. The number of rotatable bonds is 3. The summed E-state index contributed by atoms with van der Waals surface area (Å²) in [5, 5.41) is 8.94. The molecule has 0 amide bonds. The monoisotopic (exact) mass is 193 g/mol. The molecule has 1 rings (SSSR count). The summed E-state index contributed by atoms with van der Waals surface area (Å²) in [5.74, 6) is -0.146. The summed E-state index contributed by atoms with van der Waals surface area (Å²) in [4.78, 5) is 0. The van der Waals surface area contributed by atoms with E-state index < -0.39 is 16.1 Å². The van der Waals surface area contributed by atoms with E-state index in [4.69, 9.17) is 5.11 Å². The predicted octanol–water partition coefficient (Wildman–Crippen LogP) is -0.207. The Labute approximate surface area is 73.2 Å².